The summed E-state index contributed by atoms with van der Waals surface area (Å²) < 4.78 is 37.4. The monoisotopic (exact) mass is 243 g/mol. The van der Waals surface area contributed by atoms with E-state index in [-0.39, 0.29) is 0 Å². The SMILES string of the molecule is C=C1CN=C(c2cccc(C(F)(F)F)c2)S1. The molecule has 2 rings (SSSR count). The van der Waals surface area contributed by atoms with E-state index in [2.05, 4.69) is 11.6 Å². The summed E-state index contributed by atoms with van der Waals surface area (Å²) in [6, 6.07) is 5.19. The highest BCUT2D eigenvalue weighted by atomic mass is 32.2. The molecule has 0 saturated carbocycles. The van der Waals surface area contributed by atoms with Gasteiger partial charge in [0.25, 0.3) is 0 Å². The molecule has 0 unspecified atom stereocenters. The normalized spacial score (nSPS) is 16.4. The molecule has 0 amide bonds. The van der Waals surface area contributed by atoms with Gasteiger partial charge >= 0.3 is 6.18 Å². The largest absolute Gasteiger partial charge is 0.416 e. The summed E-state index contributed by atoms with van der Waals surface area (Å²) in [5, 5.41) is 0.608. The Labute approximate surface area is 95.1 Å². The summed E-state index contributed by atoms with van der Waals surface area (Å²) in [5.41, 5.74) is -0.149. The maximum absolute atomic E-state index is 12.5. The molecule has 0 atom stereocenters. The van der Waals surface area contributed by atoms with E-state index in [1.54, 1.807) is 6.07 Å². The number of thioether (sulfide) groups is 1. The van der Waals surface area contributed by atoms with E-state index >= 15 is 0 Å². The number of hydrogen-bond donors (Lipinski definition) is 0. The van der Waals surface area contributed by atoms with Crippen molar-refractivity contribution in [2.24, 2.45) is 4.99 Å². The maximum Gasteiger partial charge on any atom is 0.416 e. The minimum Gasteiger partial charge on any atom is -0.272 e. The lowest BCUT2D eigenvalue weighted by molar-refractivity contribution is -0.137. The van der Waals surface area contributed by atoms with E-state index < -0.39 is 11.7 Å². The third-order valence-corrected chi connectivity index (χ3v) is 3.05. The van der Waals surface area contributed by atoms with E-state index in [4.69, 9.17) is 0 Å². The molecule has 16 heavy (non-hydrogen) atoms. The second-order valence-electron chi connectivity index (χ2n) is 3.34. The maximum atomic E-state index is 12.5. The molecule has 0 bridgehead atoms. The van der Waals surface area contributed by atoms with Crippen molar-refractivity contribution < 1.29 is 13.2 Å². The minimum atomic E-state index is -4.31. The molecule has 0 aromatic heterocycles. The molecule has 1 aromatic carbocycles. The van der Waals surface area contributed by atoms with Crippen molar-refractivity contribution >= 4 is 16.8 Å². The number of aliphatic imine (C=N–C) groups is 1. The van der Waals surface area contributed by atoms with Gasteiger partial charge in [-0.25, -0.2) is 0 Å². The molecule has 0 saturated heterocycles. The zero-order valence-corrected chi connectivity index (χ0v) is 9.03. The van der Waals surface area contributed by atoms with Gasteiger partial charge in [-0.1, -0.05) is 30.5 Å². The number of hydrogen-bond acceptors (Lipinski definition) is 2. The van der Waals surface area contributed by atoms with Crippen LogP contribution in [0, 0.1) is 0 Å². The summed E-state index contributed by atoms with van der Waals surface area (Å²) in [6.07, 6.45) is -4.31. The molecule has 0 spiro atoms. The molecule has 0 radical (unpaired) electrons. The summed E-state index contributed by atoms with van der Waals surface area (Å²) in [6.45, 7) is 4.21. The van der Waals surface area contributed by atoms with Crippen molar-refractivity contribution in [1.29, 1.82) is 0 Å². The molecule has 0 fully saturated rings. The van der Waals surface area contributed by atoms with Crippen LogP contribution >= 0.6 is 11.8 Å². The van der Waals surface area contributed by atoms with Gasteiger partial charge in [0.05, 0.1) is 12.1 Å². The quantitative estimate of drug-likeness (QED) is 0.732. The summed E-state index contributed by atoms with van der Waals surface area (Å²) in [7, 11) is 0. The first-order valence-electron chi connectivity index (χ1n) is 4.54. The predicted molar refractivity (Wildman–Crippen MR) is 59.6 cm³/mol. The minimum absolute atomic E-state index is 0.482. The molecular formula is C11H8F3NS. The Hall–Kier alpha value is -1.23. The fourth-order valence-electron chi connectivity index (χ4n) is 1.34. The lowest BCUT2D eigenvalue weighted by Gasteiger charge is -2.08. The Morgan fingerprint density at radius 1 is 1.31 bits per heavy atom. The average molecular weight is 243 g/mol. The standard InChI is InChI=1S/C11H8F3NS/c1-7-6-15-10(16-7)8-3-2-4-9(5-8)11(12,13)14/h2-5H,1,6H2. The third kappa shape index (κ3) is 2.29. The van der Waals surface area contributed by atoms with Gasteiger partial charge < -0.3 is 0 Å². The zero-order chi connectivity index (χ0) is 11.8. The Morgan fingerprint density at radius 3 is 2.62 bits per heavy atom. The molecule has 0 aliphatic carbocycles. The lowest BCUT2D eigenvalue weighted by Crippen LogP contribution is -2.06. The molecular weight excluding hydrogens is 235 g/mol. The average Bonchev–Trinajstić information content (AvgIpc) is 2.64. The van der Waals surface area contributed by atoms with Crippen molar-refractivity contribution in [2.75, 3.05) is 6.54 Å². The van der Waals surface area contributed by atoms with Crippen LogP contribution in [0.3, 0.4) is 0 Å². The number of halogens is 3. The first kappa shape index (κ1) is 11.3. The number of nitrogens with zero attached hydrogens (tertiary/aromatic N) is 1. The van der Waals surface area contributed by atoms with Gasteiger partial charge in [0, 0.05) is 10.5 Å². The molecule has 1 heterocycles. The van der Waals surface area contributed by atoms with Crippen LogP contribution in [0.15, 0.2) is 40.7 Å². The summed E-state index contributed by atoms with van der Waals surface area (Å²) in [5.74, 6) is 0. The van der Waals surface area contributed by atoms with E-state index in [0.717, 1.165) is 17.0 Å². The first-order chi connectivity index (χ1) is 7.47. The van der Waals surface area contributed by atoms with E-state index in [1.165, 1.54) is 17.8 Å². The van der Waals surface area contributed by atoms with Gasteiger partial charge in [-0.3, -0.25) is 4.99 Å². The summed E-state index contributed by atoms with van der Waals surface area (Å²) in [4.78, 5) is 4.98. The topological polar surface area (TPSA) is 12.4 Å². The van der Waals surface area contributed by atoms with Gasteiger partial charge in [0.1, 0.15) is 5.04 Å². The van der Waals surface area contributed by atoms with Crippen molar-refractivity contribution in [3.63, 3.8) is 0 Å². The number of rotatable bonds is 1. The van der Waals surface area contributed by atoms with Gasteiger partial charge in [-0.2, -0.15) is 13.2 Å². The van der Waals surface area contributed by atoms with E-state index in [0.29, 0.717) is 17.2 Å². The van der Waals surface area contributed by atoms with Crippen LogP contribution in [0.5, 0.6) is 0 Å². The first-order valence-corrected chi connectivity index (χ1v) is 5.36. The van der Waals surface area contributed by atoms with Crippen molar-refractivity contribution in [2.45, 2.75) is 6.18 Å². The fourth-order valence-corrected chi connectivity index (χ4v) is 2.12. The zero-order valence-electron chi connectivity index (χ0n) is 8.21. The Morgan fingerprint density at radius 2 is 2.06 bits per heavy atom. The highest BCUT2D eigenvalue weighted by molar-refractivity contribution is 8.18. The lowest BCUT2D eigenvalue weighted by atomic mass is 10.1. The molecule has 1 aliphatic heterocycles. The van der Waals surface area contributed by atoms with E-state index in [1.807, 2.05) is 0 Å². The molecule has 0 N–H and O–H groups in total. The van der Waals surface area contributed by atoms with Crippen molar-refractivity contribution in [3.05, 3.63) is 46.9 Å². The number of alkyl halides is 3. The van der Waals surface area contributed by atoms with Crippen LogP contribution in [0.25, 0.3) is 0 Å². The van der Waals surface area contributed by atoms with Gasteiger partial charge in [0.15, 0.2) is 0 Å². The Balaban J connectivity index is 2.33. The second kappa shape index (κ2) is 3.97. The van der Waals surface area contributed by atoms with Crippen LogP contribution in [0.2, 0.25) is 0 Å². The Kier molecular flexibility index (Phi) is 2.80. The summed E-state index contributed by atoms with van der Waals surface area (Å²) >= 11 is 1.33. The van der Waals surface area contributed by atoms with Crippen LogP contribution in [-0.4, -0.2) is 11.6 Å². The highest BCUT2D eigenvalue weighted by Gasteiger charge is 2.30. The van der Waals surface area contributed by atoms with Gasteiger partial charge in [-0.15, -0.1) is 0 Å². The predicted octanol–water partition coefficient (Wildman–Crippen LogP) is 3.71. The van der Waals surface area contributed by atoms with Crippen LogP contribution in [0.1, 0.15) is 11.1 Å². The third-order valence-electron chi connectivity index (χ3n) is 2.08. The van der Waals surface area contributed by atoms with Crippen LogP contribution in [0.4, 0.5) is 13.2 Å². The molecule has 1 aliphatic rings. The highest BCUT2D eigenvalue weighted by Crippen LogP contribution is 2.32. The molecule has 84 valence electrons. The van der Waals surface area contributed by atoms with E-state index in [9.17, 15) is 13.2 Å². The molecule has 5 heteroatoms. The van der Waals surface area contributed by atoms with Crippen molar-refractivity contribution in [1.82, 2.24) is 0 Å². The Bertz CT molecular complexity index is 463. The van der Waals surface area contributed by atoms with Gasteiger partial charge in [0.2, 0.25) is 0 Å². The van der Waals surface area contributed by atoms with Gasteiger partial charge in [-0.05, 0) is 12.1 Å². The smallest absolute Gasteiger partial charge is 0.272 e. The van der Waals surface area contributed by atoms with Crippen molar-refractivity contribution in [3.8, 4) is 0 Å². The number of benzene rings is 1. The second-order valence-corrected chi connectivity index (χ2v) is 4.51. The fraction of sp³-hybridized carbons (Fsp3) is 0.182. The van der Waals surface area contributed by atoms with Crippen LogP contribution < -0.4 is 0 Å². The van der Waals surface area contributed by atoms with Crippen LogP contribution in [-0.2, 0) is 6.18 Å². The molecule has 1 aromatic rings. The molecule has 1 nitrogen and oxygen atoms in total.